The van der Waals surface area contributed by atoms with Crippen molar-refractivity contribution in [3.63, 3.8) is 0 Å². The highest BCUT2D eigenvalue weighted by atomic mass is 16.5. The summed E-state index contributed by atoms with van der Waals surface area (Å²) in [5, 5.41) is 3.43. The van der Waals surface area contributed by atoms with Crippen LogP contribution >= 0.6 is 0 Å². The molecule has 3 fully saturated rings. The molecular weight excluding hydrogens is 226 g/mol. The Hall–Kier alpha value is -0.160. The first-order valence-electron chi connectivity index (χ1n) is 7.67. The molecule has 4 nitrogen and oxygen atoms in total. The molecule has 3 aliphatic heterocycles. The first-order chi connectivity index (χ1) is 8.90. The van der Waals surface area contributed by atoms with Crippen LogP contribution in [0.1, 0.15) is 19.3 Å². The van der Waals surface area contributed by atoms with E-state index in [2.05, 4.69) is 15.1 Å². The summed E-state index contributed by atoms with van der Waals surface area (Å²) in [4.78, 5) is 5.26. The van der Waals surface area contributed by atoms with E-state index in [1.54, 1.807) is 0 Å². The van der Waals surface area contributed by atoms with Gasteiger partial charge >= 0.3 is 0 Å². The van der Waals surface area contributed by atoms with Gasteiger partial charge in [-0.2, -0.15) is 0 Å². The minimum atomic E-state index is 0.530. The zero-order valence-electron chi connectivity index (χ0n) is 11.4. The molecule has 104 valence electrons. The lowest BCUT2D eigenvalue weighted by molar-refractivity contribution is 0.0787. The maximum atomic E-state index is 5.74. The third-order valence-corrected chi connectivity index (χ3v) is 4.58. The van der Waals surface area contributed by atoms with E-state index in [0.717, 1.165) is 12.5 Å². The van der Waals surface area contributed by atoms with Crippen molar-refractivity contribution in [2.75, 3.05) is 59.0 Å². The molecule has 3 saturated heterocycles. The van der Waals surface area contributed by atoms with Crippen LogP contribution in [0.4, 0.5) is 0 Å². The van der Waals surface area contributed by atoms with Crippen molar-refractivity contribution in [1.29, 1.82) is 0 Å². The van der Waals surface area contributed by atoms with Gasteiger partial charge in [0.05, 0.1) is 6.10 Å². The molecule has 0 aromatic rings. The lowest BCUT2D eigenvalue weighted by Gasteiger charge is -2.29. The Balaban J connectivity index is 1.37. The number of rotatable bonds is 4. The van der Waals surface area contributed by atoms with E-state index in [4.69, 9.17) is 4.74 Å². The predicted molar refractivity (Wildman–Crippen MR) is 72.8 cm³/mol. The normalized spacial score (nSPS) is 35.3. The number of likely N-dealkylation sites (tertiary alicyclic amines) is 1. The van der Waals surface area contributed by atoms with Crippen LogP contribution in [0, 0.1) is 5.92 Å². The summed E-state index contributed by atoms with van der Waals surface area (Å²) in [5.41, 5.74) is 0. The summed E-state index contributed by atoms with van der Waals surface area (Å²) in [7, 11) is 0. The summed E-state index contributed by atoms with van der Waals surface area (Å²) in [5.74, 6) is 0.893. The van der Waals surface area contributed by atoms with Gasteiger partial charge in [0, 0.05) is 52.4 Å². The van der Waals surface area contributed by atoms with Crippen LogP contribution in [0.2, 0.25) is 0 Å². The lowest BCUT2D eigenvalue weighted by Crippen LogP contribution is -2.45. The maximum Gasteiger partial charge on any atom is 0.0702 e. The number of hydrogen-bond acceptors (Lipinski definition) is 4. The van der Waals surface area contributed by atoms with E-state index < -0.39 is 0 Å². The molecule has 0 amide bonds. The van der Waals surface area contributed by atoms with Gasteiger partial charge in [0.2, 0.25) is 0 Å². The maximum absolute atomic E-state index is 5.74. The van der Waals surface area contributed by atoms with Gasteiger partial charge < -0.3 is 19.9 Å². The number of hydrogen-bond donors (Lipinski definition) is 1. The summed E-state index contributed by atoms with van der Waals surface area (Å²) < 4.78 is 5.74. The van der Waals surface area contributed by atoms with Crippen molar-refractivity contribution in [3.05, 3.63) is 0 Å². The largest absolute Gasteiger partial charge is 0.377 e. The molecule has 0 aliphatic carbocycles. The van der Waals surface area contributed by atoms with Gasteiger partial charge in [-0.15, -0.1) is 0 Å². The Kier molecular flexibility index (Phi) is 4.52. The van der Waals surface area contributed by atoms with Gasteiger partial charge in [0.15, 0.2) is 0 Å². The fraction of sp³-hybridized carbons (Fsp3) is 1.00. The van der Waals surface area contributed by atoms with Gasteiger partial charge in [0.25, 0.3) is 0 Å². The molecule has 4 heteroatoms. The van der Waals surface area contributed by atoms with Crippen molar-refractivity contribution in [1.82, 2.24) is 15.1 Å². The van der Waals surface area contributed by atoms with Crippen LogP contribution in [0.3, 0.4) is 0 Å². The quantitative estimate of drug-likeness (QED) is 0.784. The monoisotopic (exact) mass is 253 g/mol. The number of ether oxygens (including phenoxy) is 1. The Morgan fingerprint density at radius 1 is 1.00 bits per heavy atom. The molecule has 0 aromatic carbocycles. The molecule has 0 aromatic heterocycles. The van der Waals surface area contributed by atoms with E-state index in [1.807, 2.05) is 0 Å². The number of piperazine rings is 1. The van der Waals surface area contributed by atoms with E-state index in [-0.39, 0.29) is 0 Å². The molecule has 0 spiro atoms. The minimum Gasteiger partial charge on any atom is -0.377 e. The second kappa shape index (κ2) is 6.33. The average Bonchev–Trinajstić information content (AvgIpc) is 3.03. The highest BCUT2D eigenvalue weighted by Crippen LogP contribution is 2.21. The van der Waals surface area contributed by atoms with Crippen molar-refractivity contribution < 1.29 is 4.74 Å². The Bertz CT molecular complexity index is 249. The van der Waals surface area contributed by atoms with Crippen LogP contribution in [0.5, 0.6) is 0 Å². The Morgan fingerprint density at radius 2 is 1.89 bits per heavy atom. The van der Waals surface area contributed by atoms with Crippen molar-refractivity contribution in [3.8, 4) is 0 Å². The molecule has 3 heterocycles. The van der Waals surface area contributed by atoms with Crippen LogP contribution in [-0.2, 0) is 4.74 Å². The fourth-order valence-corrected chi connectivity index (χ4v) is 3.56. The minimum absolute atomic E-state index is 0.530. The number of nitrogens with one attached hydrogen (secondary N) is 1. The Morgan fingerprint density at radius 3 is 2.67 bits per heavy atom. The first-order valence-corrected chi connectivity index (χ1v) is 7.67. The molecule has 18 heavy (non-hydrogen) atoms. The smallest absolute Gasteiger partial charge is 0.0702 e. The Labute approximate surface area is 111 Å². The second-order valence-electron chi connectivity index (χ2n) is 6.10. The van der Waals surface area contributed by atoms with Crippen LogP contribution in [-0.4, -0.2) is 74.9 Å². The lowest BCUT2D eigenvalue weighted by atomic mass is 10.1. The van der Waals surface area contributed by atoms with E-state index in [0.29, 0.717) is 6.10 Å². The first kappa shape index (κ1) is 12.9. The molecule has 0 bridgehead atoms. The van der Waals surface area contributed by atoms with Gasteiger partial charge in [-0.05, 0) is 31.7 Å². The van der Waals surface area contributed by atoms with Gasteiger partial charge in [-0.3, -0.25) is 0 Å². The third-order valence-electron chi connectivity index (χ3n) is 4.58. The predicted octanol–water partition coefficient (Wildman–Crippen LogP) is 0.393. The van der Waals surface area contributed by atoms with Crippen molar-refractivity contribution in [2.24, 2.45) is 5.92 Å². The molecule has 0 radical (unpaired) electrons. The molecular formula is C14H27N3O. The molecule has 3 rings (SSSR count). The van der Waals surface area contributed by atoms with Crippen LogP contribution in [0.25, 0.3) is 0 Å². The van der Waals surface area contributed by atoms with Crippen molar-refractivity contribution in [2.45, 2.75) is 25.4 Å². The molecule has 1 N–H and O–H groups in total. The third kappa shape index (κ3) is 3.44. The molecule has 2 atom stereocenters. The standard InChI is InChI=1S/C14H27N3O/c1-2-14(18-9-1)12-17-6-3-13(11-17)10-16-7-4-15-5-8-16/h13-15H,1-12H2. The molecule has 2 unspecified atom stereocenters. The average molecular weight is 253 g/mol. The van der Waals surface area contributed by atoms with Crippen LogP contribution < -0.4 is 5.32 Å². The van der Waals surface area contributed by atoms with E-state index >= 15 is 0 Å². The summed E-state index contributed by atoms with van der Waals surface area (Å²) in [6.45, 7) is 10.9. The SMILES string of the molecule is C1COC(CN2CCC(CN3CCNCC3)C2)C1. The number of nitrogens with zero attached hydrogens (tertiary/aromatic N) is 2. The van der Waals surface area contributed by atoms with Crippen LogP contribution in [0.15, 0.2) is 0 Å². The van der Waals surface area contributed by atoms with Gasteiger partial charge in [0.1, 0.15) is 0 Å². The zero-order chi connectivity index (χ0) is 12.2. The van der Waals surface area contributed by atoms with E-state index in [1.165, 1.54) is 71.6 Å². The second-order valence-corrected chi connectivity index (χ2v) is 6.10. The summed E-state index contributed by atoms with van der Waals surface area (Å²) >= 11 is 0. The van der Waals surface area contributed by atoms with E-state index in [9.17, 15) is 0 Å². The van der Waals surface area contributed by atoms with Gasteiger partial charge in [-0.25, -0.2) is 0 Å². The highest BCUT2D eigenvalue weighted by molar-refractivity contribution is 4.82. The highest BCUT2D eigenvalue weighted by Gasteiger charge is 2.27. The molecule has 3 aliphatic rings. The molecule has 0 saturated carbocycles. The fourth-order valence-electron chi connectivity index (χ4n) is 3.56. The topological polar surface area (TPSA) is 27.7 Å². The van der Waals surface area contributed by atoms with Crippen molar-refractivity contribution >= 4 is 0 Å². The summed E-state index contributed by atoms with van der Waals surface area (Å²) in [6.07, 6.45) is 4.46. The zero-order valence-corrected chi connectivity index (χ0v) is 11.4. The van der Waals surface area contributed by atoms with Gasteiger partial charge in [-0.1, -0.05) is 0 Å². The summed E-state index contributed by atoms with van der Waals surface area (Å²) in [6, 6.07) is 0.